The highest BCUT2D eigenvalue weighted by Crippen LogP contribution is 2.20. The van der Waals surface area contributed by atoms with Gasteiger partial charge in [-0.25, -0.2) is 4.79 Å². The number of benzene rings is 1. The number of carbonyl (C=O) groups is 3. The molecule has 36 heavy (non-hydrogen) atoms. The molecule has 3 N–H and O–H groups in total. The summed E-state index contributed by atoms with van der Waals surface area (Å²) in [6, 6.07) is 4.39. The van der Waals surface area contributed by atoms with E-state index in [0.717, 1.165) is 17.5 Å². The number of unbranched alkanes of at least 4 members (excludes halogenated alkanes) is 1. The first kappa shape index (κ1) is 27.1. The maximum Gasteiger partial charge on any atom is 0.407 e. The van der Waals surface area contributed by atoms with Crippen LogP contribution in [0.1, 0.15) is 58.9 Å². The zero-order valence-corrected chi connectivity index (χ0v) is 21.0. The van der Waals surface area contributed by atoms with E-state index in [1.165, 1.54) is 0 Å². The van der Waals surface area contributed by atoms with Crippen molar-refractivity contribution in [1.82, 2.24) is 25.6 Å². The van der Waals surface area contributed by atoms with Crippen molar-refractivity contribution in [2.75, 3.05) is 31.6 Å². The lowest BCUT2D eigenvalue weighted by molar-refractivity contribution is -0.136. The highest BCUT2D eigenvalue weighted by atomic mass is 16.6. The minimum Gasteiger partial charge on any atom is -0.444 e. The van der Waals surface area contributed by atoms with Crippen molar-refractivity contribution in [2.45, 2.75) is 64.5 Å². The highest BCUT2D eigenvalue weighted by molar-refractivity contribution is 5.99. The Balaban J connectivity index is 1.42. The smallest absolute Gasteiger partial charge is 0.407 e. The summed E-state index contributed by atoms with van der Waals surface area (Å²) in [5.41, 5.74) is 0.0956. The van der Waals surface area contributed by atoms with Crippen LogP contribution in [0.2, 0.25) is 0 Å². The van der Waals surface area contributed by atoms with E-state index >= 15 is 0 Å². The van der Waals surface area contributed by atoms with Crippen molar-refractivity contribution in [2.24, 2.45) is 0 Å². The molecule has 1 aliphatic heterocycles. The standard InChI is InChI=1S/C24H34N6O6/c1-24(2,3)36-23(34)26-13-7-15-35-14-5-4-12-25-16-8-6-9-17-20(16)22(33)30(29-28-17)18-10-11-19(31)27-21(18)32/h6,8-9,18,25H,4-5,7,10-15H2,1-3H3,(H,26,34)(H,27,31,32). The summed E-state index contributed by atoms with van der Waals surface area (Å²) in [7, 11) is 0. The van der Waals surface area contributed by atoms with Gasteiger partial charge in [0, 0.05) is 38.4 Å². The topological polar surface area (TPSA) is 154 Å². The lowest BCUT2D eigenvalue weighted by Gasteiger charge is -2.21. The van der Waals surface area contributed by atoms with Gasteiger partial charge in [-0.15, -0.1) is 5.10 Å². The van der Waals surface area contributed by atoms with Crippen LogP contribution in [-0.4, -0.2) is 64.8 Å². The molecule has 2 heterocycles. The zero-order chi connectivity index (χ0) is 26.1. The Bertz CT molecular complexity index is 1140. The van der Waals surface area contributed by atoms with Crippen LogP contribution in [0.3, 0.4) is 0 Å². The van der Waals surface area contributed by atoms with Gasteiger partial charge in [0.2, 0.25) is 5.91 Å². The van der Waals surface area contributed by atoms with Gasteiger partial charge < -0.3 is 20.1 Å². The number of hydrogen-bond donors (Lipinski definition) is 3. The third-order valence-electron chi connectivity index (χ3n) is 5.38. The number of amides is 3. The molecule has 1 atom stereocenters. The Labute approximate surface area is 209 Å². The monoisotopic (exact) mass is 502 g/mol. The number of rotatable bonds is 11. The molecular formula is C24H34N6O6. The first-order valence-corrected chi connectivity index (χ1v) is 12.2. The van der Waals surface area contributed by atoms with Crippen LogP contribution in [0.4, 0.5) is 10.5 Å². The van der Waals surface area contributed by atoms with Gasteiger partial charge in [0.25, 0.3) is 11.5 Å². The normalized spacial score (nSPS) is 16.0. The van der Waals surface area contributed by atoms with Crippen molar-refractivity contribution >= 4 is 34.5 Å². The number of carbonyl (C=O) groups excluding carboxylic acids is 3. The summed E-state index contributed by atoms with van der Waals surface area (Å²) < 4.78 is 11.8. The minimum absolute atomic E-state index is 0.144. The number of fused-ring (bicyclic) bond motifs is 1. The second-order valence-corrected chi connectivity index (χ2v) is 9.53. The maximum atomic E-state index is 13.1. The van der Waals surface area contributed by atoms with Crippen LogP contribution in [0.25, 0.3) is 10.9 Å². The van der Waals surface area contributed by atoms with Crippen molar-refractivity contribution in [3.8, 4) is 0 Å². The number of aromatic nitrogens is 3. The van der Waals surface area contributed by atoms with Crippen molar-refractivity contribution in [3.05, 3.63) is 28.6 Å². The Morgan fingerprint density at radius 1 is 1.14 bits per heavy atom. The van der Waals surface area contributed by atoms with Gasteiger partial charge >= 0.3 is 6.09 Å². The van der Waals surface area contributed by atoms with Crippen molar-refractivity contribution in [3.63, 3.8) is 0 Å². The van der Waals surface area contributed by atoms with Gasteiger partial charge in [0.15, 0.2) is 0 Å². The highest BCUT2D eigenvalue weighted by Gasteiger charge is 2.30. The van der Waals surface area contributed by atoms with Gasteiger partial charge in [-0.3, -0.25) is 19.7 Å². The van der Waals surface area contributed by atoms with Crippen LogP contribution in [-0.2, 0) is 19.1 Å². The van der Waals surface area contributed by atoms with Crippen LogP contribution >= 0.6 is 0 Å². The summed E-state index contributed by atoms with van der Waals surface area (Å²) in [5.74, 6) is -0.907. The summed E-state index contributed by atoms with van der Waals surface area (Å²) in [4.78, 5) is 48.4. The molecule has 1 aliphatic rings. The largest absolute Gasteiger partial charge is 0.444 e. The Morgan fingerprint density at radius 2 is 1.92 bits per heavy atom. The molecule has 1 aromatic heterocycles. The fourth-order valence-electron chi connectivity index (χ4n) is 3.70. The van der Waals surface area contributed by atoms with Gasteiger partial charge in [-0.05, 0) is 58.6 Å². The first-order valence-electron chi connectivity index (χ1n) is 12.2. The molecule has 0 aliphatic carbocycles. The SMILES string of the molecule is CC(C)(C)OC(=O)NCCCOCCCCNc1cccc2nnn(C3CCC(=O)NC3=O)c(=O)c12. The minimum atomic E-state index is -0.864. The predicted molar refractivity (Wildman–Crippen MR) is 133 cm³/mol. The fourth-order valence-corrected chi connectivity index (χ4v) is 3.70. The molecule has 1 fully saturated rings. The molecule has 0 spiro atoms. The number of nitrogens with one attached hydrogen (secondary N) is 3. The van der Waals surface area contributed by atoms with Crippen LogP contribution < -0.4 is 21.5 Å². The summed E-state index contributed by atoms with van der Waals surface area (Å²) in [6.07, 6.45) is 2.23. The van der Waals surface area contributed by atoms with Crippen LogP contribution in [0.15, 0.2) is 23.0 Å². The van der Waals surface area contributed by atoms with E-state index in [-0.39, 0.29) is 18.7 Å². The van der Waals surface area contributed by atoms with E-state index in [0.29, 0.717) is 49.3 Å². The Hall–Kier alpha value is -3.54. The van der Waals surface area contributed by atoms with Crippen molar-refractivity contribution in [1.29, 1.82) is 0 Å². The molecule has 0 saturated carbocycles. The number of anilines is 1. The Kier molecular flexibility index (Phi) is 9.34. The molecule has 1 unspecified atom stereocenters. The molecule has 12 nitrogen and oxygen atoms in total. The number of imide groups is 1. The van der Waals surface area contributed by atoms with E-state index in [1.54, 1.807) is 18.2 Å². The number of piperidine rings is 1. The average molecular weight is 503 g/mol. The second kappa shape index (κ2) is 12.4. The molecule has 0 bridgehead atoms. The van der Waals surface area contributed by atoms with Crippen LogP contribution in [0, 0.1) is 0 Å². The molecule has 196 valence electrons. The first-order chi connectivity index (χ1) is 17.2. The zero-order valence-electron chi connectivity index (χ0n) is 21.0. The lowest BCUT2D eigenvalue weighted by Crippen LogP contribution is -2.45. The van der Waals surface area contributed by atoms with E-state index < -0.39 is 29.2 Å². The van der Waals surface area contributed by atoms with E-state index in [1.807, 2.05) is 20.8 Å². The number of alkyl carbamates (subject to hydrolysis) is 1. The van der Waals surface area contributed by atoms with Crippen molar-refractivity contribution < 1.29 is 23.9 Å². The van der Waals surface area contributed by atoms with Gasteiger partial charge in [-0.1, -0.05) is 11.3 Å². The summed E-state index contributed by atoms with van der Waals surface area (Å²) in [5, 5.41) is 16.6. The van der Waals surface area contributed by atoms with Gasteiger partial charge in [0.1, 0.15) is 17.2 Å². The second-order valence-electron chi connectivity index (χ2n) is 9.53. The Morgan fingerprint density at radius 3 is 2.67 bits per heavy atom. The molecule has 12 heteroatoms. The lowest BCUT2D eigenvalue weighted by atomic mass is 10.1. The van der Waals surface area contributed by atoms with E-state index in [4.69, 9.17) is 9.47 Å². The number of nitrogens with zero attached hydrogens (tertiary/aromatic N) is 3. The molecule has 0 radical (unpaired) electrons. The fraction of sp³-hybridized carbons (Fsp3) is 0.583. The quantitative estimate of drug-likeness (QED) is 0.309. The average Bonchev–Trinajstić information content (AvgIpc) is 2.80. The molecule has 1 saturated heterocycles. The molecule has 1 aromatic carbocycles. The number of ether oxygens (including phenoxy) is 2. The third kappa shape index (κ3) is 7.74. The molecule has 3 rings (SSSR count). The summed E-state index contributed by atoms with van der Waals surface area (Å²) >= 11 is 0. The number of hydrogen-bond acceptors (Lipinski definition) is 9. The molecule has 3 amide bonds. The van der Waals surface area contributed by atoms with Gasteiger partial charge in [-0.2, -0.15) is 4.68 Å². The van der Waals surface area contributed by atoms with Gasteiger partial charge in [0.05, 0.1) is 5.39 Å². The summed E-state index contributed by atoms with van der Waals surface area (Å²) in [6.45, 7) is 7.66. The third-order valence-corrected chi connectivity index (χ3v) is 5.38. The molecular weight excluding hydrogens is 468 g/mol. The molecule has 2 aromatic rings. The van der Waals surface area contributed by atoms with Crippen LogP contribution in [0.5, 0.6) is 0 Å². The maximum absolute atomic E-state index is 13.1. The van der Waals surface area contributed by atoms with E-state index in [2.05, 4.69) is 26.3 Å². The predicted octanol–water partition coefficient (Wildman–Crippen LogP) is 1.89. The van der Waals surface area contributed by atoms with E-state index in [9.17, 15) is 19.2 Å².